The molecule has 0 fully saturated rings. The van der Waals surface area contributed by atoms with Crippen LogP contribution in [0.3, 0.4) is 0 Å². The summed E-state index contributed by atoms with van der Waals surface area (Å²) in [5, 5.41) is 23.2. The molecular weight excluding hydrogens is 392 g/mol. The molecule has 1 aromatic carbocycles. The second-order valence-electron chi connectivity index (χ2n) is 3.84. The summed E-state index contributed by atoms with van der Waals surface area (Å²) in [5.74, 6) is 0. The summed E-state index contributed by atoms with van der Waals surface area (Å²) < 4.78 is 35.3. The molecule has 0 saturated carbocycles. The van der Waals surface area contributed by atoms with Crippen LogP contribution in [-0.2, 0) is 26.2 Å². The third-order valence-corrected chi connectivity index (χ3v) is 2.65. The maximum atomic E-state index is 11.8. The molecule has 0 bridgehead atoms. The molecule has 0 aliphatic rings. The van der Waals surface area contributed by atoms with Crippen LogP contribution in [0.5, 0.6) is 0 Å². The Labute approximate surface area is 152 Å². The van der Waals surface area contributed by atoms with Crippen LogP contribution >= 0.6 is 0 Å². The molecular formula is C14H28F3O3SiZr-. The Hall–Kier alpha value is 0.120. The third kappa shape index (κ3) is 28.3. The average molecular weight is 421 g/mol. The Morgan fingerprint density at radius 1 is 0.773 bits per heavy atom. The summed E-state index contributed by atoms with van der Waals surface area (Å²) in [4.78, 5) is 0. The molecule has 0 saturated heterocycles. The van der Waals surface area contributed by atoms with E-state index >= 15 is 0 Å². The van der Waals surface area contributed by atoms with Crippen molar-refractivity contribution in [2.45, 2.75) is 40.0 Å². The quantitative estimate of drug-likeness (QED) is 0.399. The van der Waals surface area contributed by atoms with Crippen molar-refractivity contribution in [3.63, 3.8) is 0 Å². The van der Waals surface area contributed by atoms with Crippen molar-refractivity contribution < 1.29 is 53.8 Å². The zero-order valence-electron chi connectivity index (χ0n) is 13.5. The van der Waals surface area contributed by atoms with Gasteiger partial charge in [0.2, 0.25) is 0 Å². The normalized spacial score (nSPS) is 8.95. The van der Waals surface area contributed by atoms with E-state index in [1.54, 1.807) is 0 Å². The van der Waals surface area contributed by atoms with Crippen LogP contribution in [0.2, 0.25) is 0 Å². The minimum Gasteiger partial charge on any atom is -0.396 e. The molecule has 0 amide bonds. The SMILES string of the molecule is CCCO.CCCO.CCCO.F[Si](F)(F)[c-]1cccc1.[Zr]. The van der Waals surface area contributed by atoms with E-state index in [4.69, 9.17) is 15.3 Å². The van der Waals surface area contributed by atoms with Gasteiger partial charge in [0.25, 0.3) is 0 Å². The van der Waals surface area contributed by atoms with Gasteiger partial charge in [0.05, 0.1) is 0 Å². The topological polar surface area (TPSA) is 60.7 Å². The molecule has 8 heteroatoms. The van der Waals surface area contributed by atoms with Crippen molar-refractivity contribution in [1.82, 2.24) is 0 Å². The number of halogens is 3. The van der Waals surface area contributed by atoms with Gasteiger partial charge >= 0.3 is 9.08 Å². The van der Waals surface area contributed by atoms with Crippen molar-refractivity contribution in [3.05, 3.63) is 24.3 Å². The average Bonchev–Trinajstić information content (AvgIpc) is 3.02. The third-order valence-electron chi connectivity index (χ3n) is 1.66. The van der Waals surface area contributed by atoms with Gasteiger partial charge in [-0.15, -0.1) is 0 Å². The molecule has 3 N–H and O–H groups in total. The maximum absolute atomic E-state index is 11.8. The predicted molar refractivity (Wildman–Crippen MR) is 82.9 cm³/mol. The molecule has 0 unspecified atom stereocenters. The largest absolute Gasteiger partial charge is 0.584 e. The Kier molecular flexibility index (Phi) is 31.9. The van der Waals surface area contributed by atoms with Crippen LogP contribution in [0.25, 0.3) is 0 Å². The fourth-order valence-corrected chi connectivity index (χ4v) is 1.13. The molecule has 0 atom stereocenters. The minimum atomic E-state index is -5.48. The molecule has 3 nitrogen and oxygen atoms in total. The van der Waals surface area contributed by atoms with Gasteiger partial charge in [0.15, 0.2) is 0 Å². The Morgan fingerprint density at radius 2 is 1.00 bits per heavy atom. The molecule has 0 aliphatic carbocycles. The van der Waals surface area contributed by atoms with Crippen LogP contribution in [0.1, 0.15) is 40.0 Å². The zero-order chi connectivity index (χ0) is 17.1. The first-order valence-corrected chi connectivity index (χ1v) is 8.60. The van der Waals surface area contributed by atoms with Crippen molar-refractivity contribution in [2.75, 3.05) is 19.8 Å². The van der Waals surface area contributed by atoms with Gasteiger partial charge < -0.3 is 15.3 Å². The van der Waals surface area contributed by atoms with E-state index in [0.717, 1.165) is 31.4 Å². The van der Waals surface area contributed by atoms with E-state index in [2.05, 4.69) is 0 Å². The fourth-order valence-electron chi connectivity index (χ4n) is 0.563. The van der Waals surface area contributed by atoms with E-state index in [-0.39, 0.29) is 26.2 Å². The Bertz CT molecular complexity index is 255. The van der Waals surface area contributed by atoms with E-state index in [1.165, 1.54) is 12.1 Å². The van der Waals surface area contributed by atoms with Crippen LogP contribution in [0.4, 0.5) is 12.3 Å². The first kappa shape index (κ1) is 30.1. The first-order chi connectivity index (χ1) is 9.85. The molecule has 22 heavy (non-hydrogen) atoms. The summed E-state index contributed by atoms with van der Waals surface area (Å²) in [6.07, 6.45) is 2.62. The summed E-state index contributed by atoms with van der Waals surface area (Å²) in [6.45, 7) is 6.75. The van der Waals surface area contributed by atoms with Crippen LogP contribution < -0.4 is 5.19 Å². The standard InChI is InChI=1S/C5H4F3Si.3C3H8O.Zr/c6-9(7,8)5-3-1-2-4-5;3*1-2-3-4;/h1-4H;3*4H,2-3H2,1H3;/q-1;;;;. The van der Waals surface area contributed by atoms with Gasteiger partial charge in [-0.05, 0) is 19.3 Å². The van der Waals surface area contributed by atoms with Gasteiger partial charge in [-0.25, -0.2) is 24.5 Å². The second-order valence-corrected chi connectivity index (χ2v) is 5.42. The summed E-state index contributed by atoms with van der Waals surface area (Å²) in [5.41, 5.74) is 0. The van der Waals surface area contributed by atoms with E-state index in [1.807, 2.05) is 20.8 Å². The molecule has 132 valence electrons. The van der Waals surface area contributed by atoms with Gasteiger partial charge in [0, 0.05) is 46.0 Å². The fraction of sp³-hybridized carbons (Fsp3) is 0.643. The molecule has 0 spiro atoms. The molecule has 0 radical (unpaired) electrons. The number of aliphatic hydroxyl groups is 3. The predicted octanol–water partition coefficient (Wildman–Crippen LogP) is 2.62. The Balaban J connectivity index is -0.000000107. The smallest absolute Gasteiger partial charge is 0.396 e. The van der Waals surface area contributed by atoms with Crippen molar-refractivity contribution in [2.24, 2.45) is 0 Å². The number of aliphatic hydroxyl groups excluding tert-OH is 3. The molecule has 0 heterocycles. The van der Waals surface area contributed by atoms with Gasteiger partial charge in [-0.3, -0.25) is 0 Å². The zero-order valence-corrected chi connectivity index (χ0v) is 17.0. The van der Waals surface area contributed by atoms with Crippen LogP contribution in [0, 0.1) is 0 Å². The maximum Gasteiger partial charge on any atom is 0.584 e. The van der Waals surface area contributed by atoms with Crippen molar-refractivity contribution in [3.8, 4) is 0 Å². The Morgan fingerprint density at radius 3 is 1.09 bits per heavy atom. The van der Waals surface area contributed by atoms with Crippen LogP contribution in [0.15, 0.2) is 24.3 Å². The molecule has 1 aromatic rings. The summed E-state index contributed by atoms with van der Waals surface area (Å²) in [6, 6.07) is 5.00. The van der Waals surface area contributed by atoms with Crippen molar-refractivity contribution in [1.29, 1.82) is 0 Å². The number of hydrogen-bond acceptors (Lipinski definition) is 3. The second kappa shape index (κ2) is 23.4. The first-order valence-electron chi connectivity index (χ1n) is 6.96. The summed E-state index contributed by atoms with van der Waals surface area (Å²) in [7, 11) is -5.48. The summed E-state index contributed by atoms with van der Waals surface area (Å²) >= 11 is 0. The van der Waals surface area contributed by atoms with Gasteiger partial charge in [-0.1, -0.05) is 26.0 Å². The van der Waals surface area contributed by atoms with E-state index in [0.29, 0.717) is 19.8 Å². The molecule has 1 rings (SSSR count). The van der Waals surface area contributed by atoms with E-state index < -0.39 is 14.3 Å². The molecule has 0 aliphatic heterocycles. The van der Waals surface area contributed by atoms with Crippen LogP contribution in [-0.4, -0.2) is 44.2 Å². The van der Waals surface area contributed by atoms with Gasteiger partial charge in [0.1, 0.15) is 0 Å². The molecule has 0 aromatic heterocycles. The van der Waals surface area contributed by atoms with Crippen molar-refractivity contribution >= 4 is 14.3 Å². The van der Waals surface area contributed by atoms with E-state index in [9.17, 15) is 12.3 Å². The minimum absolute atomic E-state index is 0. The monoisotopic (exact) mass is 419 g/mol. The number of rotatable bonds is 4. The van der Waals surface area contributed by atoms with Gasteiger partial charge in [-0.2, -0.15) is 12.1 Å². The number of hydrogen-bond donors (Lipinski definition) is 3.